The van der Waals surface area contributed by atoms with Crippen LogP contribution in [-0.2, 0) is 0 Å². The van der Waals surface area contributed by atoms with Crippen LogP contribution in [0, 0.1) is 11.6 Å². The number of rotatable bonds is 3. The molecule has 0 saturated carbocycles. The molecule has 2 atom stereocenters. The van der Waals surface area contributed by atoms with Gasteiger partial charge < -0.3 is 14.7 Å². The van der Waals surface area contributed by atoms with Crippen molar-refractivity contribution in [2.45, 2.75) is 18.6 Å². The molecule has 0 aliphatic carbocycles. The molecule has 1 aliphatic rings. The standard InChI is InChI=1S/C16H15F2N3O3/c1-24-15-5-4-13(19-20-15)16(23)21-8-10(22)7-14(21)9-2-3-11(17)12(18)6-9/h2-6,10,14,22H,7-8H2,1H3/t10-,14+/m0/s1. The Labute approximate surface area is 136 Å². The lowest BCUT2D eigenvalue weighted by Crippen LogP contribution is -2.32. The molecule has 2 heterocycles. The Morgan fingerprint density at radius 3 is 2.67 bits per heavy atom. The molecule has 24 heavy (non-hydrogen) atoms. The summed E-state index contributed by atoms with van der Waals surface area (Å²) in [6.45, 7) is 0.0796. The normalized spacial score (nSPS) is 20.2. The van der Waals surface area contributed by atoms with E-state index < -0.39 is 29.7 Å². The smallest absolute Gasteiger partial charge is 0.274 e. The first-order valence-corrected chi connectivity index (χ1v) is 7.31. The van der Waals surface area contributed by atoms with Gasteiger partial charge in [-0.1, -0.05) is 6.07 Å². The van der Waals surface area contributed by atoms with Crippen molar-refractivity contribution in [3.05, 3.63) is 53.2 Å². The molecule has 1 aliphatic heterocycles. The molecule has 1 aromatic heterocycles. The number of likely N-dealkylation sites (tertiary alicyclic amines) is 1. The lowest BCUT2D eigenvalue weighted by Gasteiger charge is -2.24. The molecule has 3 rings (SSSR count). The van der Waals surface area contributed by atoms with Crippen LogP contribution in [-0.4, -0.2) is 45.9 Å². The molecule has 2 aromatic rings. The second-order valence-corrected chi connectivity index (χ2v) is 5.50. The molecule has 0 spiro atoms. The van der Waals surface area contributed by atoms with Crippen LogP contribution in [0.2, 0.25) is 0 Å². The van der Waals surface area contributed by atoms with Crippen molar-refractivity contribution in [2.24, 2.45) is 0 Å². The van der Waals surface area contributed by atoms with E-state index in [1.165, 1.54) is 30.2 Å². The summed E-state index contributed by atoms with van der Waals surface area (Å²) in [5, 5.41) is 17.5. The molecule has 6 nitrogen and oxygen atoms in total. The van der Waals surface area contributed by atoms with Gasteiger partial charge in [-0.15, -0.1) is 10.2 Å². The van der Waals surface area contributed by atoms with Gasteiger partial charge in [0.1, 0.15) is 0 Å². The van der Waals surface area contributed by atoms with E-state index >= 15 is 0 Å². The number of benzene rings is 1. The van der Waals surface area contributed by atoms with Crippen molar-refractivity contribution in [2.75, 3.05) is 13.7 Å². The maximum atomic E-state index is 13.5. The molecule has 0 unspecified atom stereocenters. The third-order valence-electron chi connectivity index (χ3n) is 3.94. The van der Waals surface area contributed by atoms with Gasteiger partial charge in [-0.05, 0) is 30.2 Å². The van der Waals surface area contributed by atoms with Gasteiger partial charge >= 0.3 is 0 Å². The van der Waals surface area contributed by atoms with Crippen molar-refractivity contribution in [3.63, 3.8) is 0 Å². The maximum absolute atomic E-state index is 13.5. The van der Waals surface area contributed by atoms with Crippen LogP contribution in [0.5, 0.6) is 5.88 Å². The lowest BCUT2D eigenvalue weighted by atomic mass is 10.0. The van der Waals surface area contributed by atoms with E-state index in [1.807, 2.05) is 0 Å². The second kappa shape index (κ2) is 6.48. The summed E-state index contributed by atoms with van der Waals surface area (Å²) in [4.78, 5) is 14.0. The molecule has 1 saturated heterocycles. The number of methoxy groups -OCH3 is 1. The van der Waals surface area contributed by atoms with Crippen LogP contribution >= 0.6 is 0 Å². The first kappa shape index (κ1) is 16.3. The largest absolute Gasteiger partial charge is 0.480 e. The molecule has 1 fully saturated rings. The maximum Gasteiger partial charge on any atom is 0.274 e. The number of aromatic nitrogens is 2. The van der Waals surface area contributed by atoms with Crippen molar-refractivity contribution in [1.29, 1.82) is 0 Å². The van der Waals surface area contributed by atoms with E-state index in [0.717, 1.165) is 12.1 Å². The quantitative estimate of drug-likeness (QED) is 0.924. The topological polar surface area (TPSA) is 75.5 Å². The number of β-amino-alcohol motifs (C(OH)–C–C–N with tert-alkyl or cyclic N) is 1. The Balaban J connectivity index is 1.88. The number of carbonyl (C=O) groups excluding carboxylic acids is 1. The van der Waals surface area contributed by atoms with Crippen LogP contribution < -0.4 is 4.74 Å². The van der Waals surface area contributed by atoms with Gasteiger partial charge in [0.05, 0.1) is 19.3 Å². The minimum absolute atomic E-state index is 0.0796. The predicted molar refractivity (Wildman–Crippen MR) is 79.3 cm³/mol. The van der Waals surface area contributed by atoms with E-state index in [2.05, 4.69) is 10.2 Å². The molecule has 126 valence electrons. The van der Waals surface area contributed by atoms with Gasteiger partial charge in [-0.3, -0.25) is 4.79 Å². The number of ether oxygens (including phenoxy) is 1. The molecular weight excluding hydrogens is 320 g/mol. The fraction of sp³-hybridized carbons (Fsp3) is 0.312. The first-order valence-electron chi connectivity index (χ1n) is 7.31. The van der Waals surface area contributed by atoms with Crippen LogP contribution in [0.25, 0.3) is 0 Å². The predicted octanol–water partition coefficient (Wildman–Crippen LogP) is 1.71. The summed E-state index contributed by atoms with van der Waals surface area (Å²) in [7, 11) is 1.43. The molecular formula is C16H15F2N3O3. The van der Waals surface area contributed by atoms with Gasteiger partial charge in [0.2, 0.25) is 5.88 Å². The zero-order chi connectivity index (χ0) is 17.3. The Bertz CT molecular complexity index is 755. The highest BCUT2D eigenvalue weighted by Gasteiger charge is 2.36. The third kappa shape index (κ3) is 3.05. The highest BCUT2D eigenvalue weighted by Crippen LogP contribution is 2.33. The average Bonchev–Trinajstić information content (AvgIpc) is 2.98. The van der Waals surface area contributed by atoms with Gasteiger partial charge in [0.15, 0.2) is 17.3 Å². The lowest BCUT2D eigenvalue weighted by molar-refractivity contribution is 0.0708. The minimum atomic E-state index is -0.995. The summed E-state index contributed by atoms with van der Waals surface area (Å²) in [6.07, 6.45) is -0.515. The van der Waals surface area contributed by atoms with E-state index in [-0.39, 0.29) is 24.5 Å². The number of hydrogen-bond acceptors (Lipinski definition) is 5. The van der Waals surface area contributed by atoms with Crippen molar-refractivity contribution >= 4 is 5.91 Å². The highest BCUT2D eigenvalue weighted by atomic mass is 19.2. The summed E-state index contributed by atoms with van der Waals surface area (Å²) in [5.41, 5.74) is 0.498. The number of halogens is 2. The monoisotopic (exact) mass is 335 g/mol. The Morgan fingerprint density at radius 2 is 2.04 bits per heavy atom. The number of nitrogens with zero attached hydrogens (tertiary/aromatic N) is 3. The van der Waals surface area contributed by atoms with E-state index in [1.54, 1.807) is 0 Å². The summed E-state index contributed by atoms with van der Waals surface area (Å²) < 4.78 is 31.5. The van der Waals surface area contributed by atoms with Crippen LogP contribution in [0.1, 0.15) is 28.5 Å². The van der Waals surface area contributed by atoms with Crippen LogP contribution in [0.3, 0.4) is 0 Å². The van der Waals surface area contributed by atoms with Crippen molar-refractivity contribution < 1.29 is 23.4 Å². The second-order valence-electron chi connectivity index (χ2n) is 5.50. The Kier molecular flexibility index (Phi) is 4.39. The fourth-order valence-electron chi connectivity index (χ4n) is 2.76. The number of aliphatic hydroxyl groups excluding tert-OH is 1. The molecule has 1 N–H and O–H groups in total. The first-order chi connectivity index (χ1) is 11.5. The summed E-state index contributed by atoms with van der Waals surface area (Å²) >= 11 is 0. The average molecular weight is 335 g/mol. The molecule has 8 heteroatoms. The SMILES string of the molecule is COc1ccc(C(=O)N2C[C@@H](O)C[C@@H]2c2ccc(F)c(F)c2)nn1. The zero-order valence-corrected chi connectivity index (χ0v) is 12.8. The molecule has 1 amide bonds. The van der Waals surface area contributed by atoms with Gasteiger partial charge in [-0.2, -0.15) is 0 Å². The van der Waals surface area contributed by atoms with Crippen LogP contribution in [0.4, 0.5) is 8.78 Å². The number of aliphatic hydroxyl groups is 1. The van der Waals surface area contributed by atoms with Crippen molar-refractivity contribution in [1.82, 2.24) is 15.1 Å². The molecule has 0 bridgehead atoms. The number of carbonyl (C=O) groups is 1. The fourth-order valence-corrected chi connectivity index (χ4v) is 2.76. The molecule has 0 radical (unpaired) electrons. The highest BCUT2D eigenvalue weighted by molar-refractivity contribution is 5.92. The Hall–Kier alpha value is -2.61. The Morgan fingerprint density at radius 1 is 1.25 bits per heavy atom. The van der Waals surface area contributed by atoms with E-state index in [0.29, 0.717) is 5.56 Å². The van der Waals surface area contributed by atoms with E-state index in [9.17, 15) is 18.7 Å². The van der Waals surface area contributed by atoms with Gasteiger partial charge in [0.25, 0.3) is 5.91 Å². The minimum Gasteiger partial charge on any atom is -0.480 e. The van der Waals surface area contributed by atoms with Gasteiger partial charge in [0, 0.05) is 12.6 Å². The van der Waals surface area contributed by atoms with E-state index in [4.69, 9.17) is 4.74 Å². The number of hydrogen-bond donors (Lipinski definition) is 1. The third-order valence-corrected chi connectivity index (χ3v) is 3.94. The summed E-state index contributed by atoms with van der Waals surface area (Å²) in [5.74, 6) is -2.14. The number of amides is 1. The van der Waals surface area contributed by atoms with Gasteiger partial charge in [-0.25, -0.2) is 8.78 Å². The summed E-state index contributed by atoms with van der Waals surface area (Å²) in [6, 6.07) is 5.84. The molecule has 1 aromatic carbocycles. The van der Waals surface area contributed by atoms with Crippen LogP contribution in [0.15, 0.2) is 30.3 Å². The van der Waals surface area contributed by atoms with Crippen molar-refractivity contribution in [3.8, 4) is 5.88 Å². The zero-order valence-electron chi connectivity index (χ0n) is 12.8.